The normalized spacial score (nSPS) is 33.3. The molecular weight excluding hydrogens is 452 g/mol. The highest BCUT2D eigenvalue weighted by Gasteiger charge is 2.65. The lowest BCUT2D eigenvalue weighted by Crippen LogP contribution is -2.66. The van der Waals surface area contributed by atoms with E-state index in [1.807, 2.05) is 60.5 Å². The van der Waals surface area contributed by atoms with Crippen LogP contribution in [-0.2, 0) is 9.53 Å². The zero-order chi connectivity index (χ0) is 25.8. The highest BCUT2D eigenvalue weighted by molar-refractivity contribution is 5.93. The number of benzene rings is 2. The number of fused-ring (bicyclic) bond motifs is 2. The molecule has 2 aromatic rings. The Labute approximate surface area is 214 Å². The van der Waals surface area contributed by atoms with Gasteiger partial charge in [-0.15, -0.1) is 0 Å². The number of hydrogen-bond donors (Lipinski definition) is 1. The van der Waals surface area contributed by atoms with E-state index in [-0.39, 0.29) is 22.9 Å². The molecule has 2 bridgehead atoms. The van der Waals surface area contributed by atoms with Crippen LogP contribution in [0.25, 0.3) is 0 Å². The lowest BCUT2D eigenvalue weighted by molar-refractivity contribution is -0.195. The van der Waals surface area contributed by atoms with Gasteiger partial charge in [0.15, 0.2) is 0 Å². The third-order valence-electron chi connectivity index (χ3n) is 9.90. The number of nitrogens with zero attached hydrogens (tertiary/aromatic N) is 2. The van der Waals surface area contributed by atoms with Gasteiger partial charge >= 0.3 is 6.09 Å². The van der Waals surface area contributed by atoms with Crippen molar-refractivity contribution in [3.05, 3.63) is 71.8 Å². The van der Waals surface area contributed by atoms with Crippen LogP contribution in [0.15, 0.2) is 60.7 Å². The molecule has 1 aliphatic heterocycles. The summed E-state index contributed by atoms with van der Waals surface area (Å²) in [6.45, 7) is 10.7. The number of cyclic esters (lactones) is 1. The van der Waals surface area contributed by atoms with Gasteiger partial charge in [0.25, 0.3) is 5.91 Å². The van der Waals surface area contributed by atoms with E-state index in [0.29, 0.717) is 11.5 Å². The van der Waals surface area contributed by atoms with Crippen LogP contribution in [0, 0.1) is 22.7 Å². The molecule has 0 spiro atoms. The SMILES string of the molecule is C[C@H](C(=O)N1C(=O)O[C@H](c2ccccc2)[C@H](C)N1[C@@H]1C[C@H]2CC[C@]1(C)C2(C)C)[C@H](O)c1ccccc1. The van der Waals surface area contributed by atoms with E-state index in [0.717, 1.165) is 18.4 Å². The molecule has 5 rings (SSSR count). The first-order valence-corrected chi connectivity index (χ1v) is 13.2. The van der Waals surface area contributed by atoms with Gasteiger partial charge in [-0.25, -0.2) is 4.79 Å². The number of hydrogen-bond acceptors (Lipinski definition) is 5. The quantitative estimate of drug-likeness (QED) is 0.565. The molecule has 192 valence electrons. The van der Waals surface area contributed by atoms with Crippen molar-refractivity contribution >= 4 is 12.0 Å². The Hall–Kier alpha value is -2.70. The van der Waals surface area contributed by atoms with Gasteiger partial charge in [-0.2, -0.15) is 10.0 Å². The molecule has 36 heavy (non-hydrogen) atoms. The Morgan fingerprint density at radius 3 is 2.22 bits per heavy atom. The minimum absolute atomic E-state index is 0.0188. The van der Waals surface area contributed by atoms with Crippen molar-refractivity contribution in [1.29, 1.82) is 0 Å². The number of carbonyl (C=O) groups is 2. The first-order chi connectivity index (χ1) is 17.1. The average molecular weight is 491 g/mol. The lowest BCUT2D eigenvalue weighted by atomic mass is 9.68. The first kappa shape index (κ1) is 25.0. The van der Waals surface area contributed by atoms with Gasteiger partial charge in [0.2, 0.25) is 0 Å². The molecule has 1 saturated heterocycles. The molecular formula is C30H38N2O4. The number of rotatable bonds is 5. The molecule has 0 radical (unpaired) electrons. The van der Waals surface area contributed by atoms with E-state index in [1.54, 1.807) is 19.1 Å². The number of carbonyl (C=O) groups excluding carboxylic acids is 2. The molecule has 2 amide bonds. The molecule has 1 N–H and O–H groups in total. The molecule has 0 unspecified atom stereocenters. The minimum Gasteiger partial charge on any atom is -0.438 e. The summed E-state index contributed by atoms with van der Waals surface area (Å²) >= 11 is 0. The molecule has 7 atom stereocenters. The Morgan fingerprint density at radius 2 is 1.67 bits per heavy atom. The predicted molar refractivity (Wildman–Crippen MR) is 137 cm³/mol. The van der Waals surface area contributed by atoms with Crippen LogP contribution >= 0.6 is 0 Å². The van der Waals surface area contributed by atoms with Crippen molar-refractivity contribution in [3.63, 3.8) is 0 Å². The summed E-state index contributed by atoms with van der Waals surface area (Å²) in [6.07, 6.45) is 0.996. The van der Waals surface area contributed by atoms with E-state index in [4.69, 9.17) is 4.74 Å². The van der Waals surface area contributed by atoms with Crippen LogP contribution in [0.3, 0.4) is 0 Å². The Kier molecular flexibility index (Phi) is 6.24. The van der Waals surface area contributed by atoms with Crippen molar-refractivity contribution in [3.8, 4) is 0 Å². The summed E-state index contributed by atoms with van der Waals surface area (Å²) in [7, 11) is 0. The number of amides is 2. The zero-order valence-corrected chi connectivity index (χ0v) is 21.9. The summed E-state index contributed by atoms with van der Waals surface area (Å²) < 4.78 is 5.95. The van der Waals surface area contributed by atoms with Crippen molar-refractivity contribution < 1.29 is 19.4 Å². The Bertz CT molecular complexity index is 1120. The van der Waals surface area contributed by atoms with E-state index in [9.17, 15) is 14.7 Å². The van der Waals surface area contributed by atoms with Gasteiger partial charge in [-0.1, -0.05) is 88.4 Å². The van der Waals surface area contributed by atoms with Gasteiger partial charge in [0, 0.05) is 6.04 Å². The minimum atomic E-state index is -1.03. The van der Waals surface area contributed by atoms with Gasteiger partial charge in [0.1, 0.15) is 6.10 Å². The number of ether oxygens (including phenoxy) is 1. The number of aliphatic hydroxyl groups is 1. The highest BCUT2D eigenvalue weighted by atomic mass is 16.6. The second kappa shape index (κ2) is 9.00. The van der Waals surface area contributed by atoms with Gasteiger partial charge in [-0.05, 0) is 54.1 Å². The van der Waals surface area contributed by atoms with Crippen molar-refractivity contribution in [2.24, 2.45) is 22.7 Å². The molecule has 2 aromatic carbocycles. The van der Waals surface area contributed by atoms with E-state index < -0.39 is 30.1 Å². The van der Waals surface area contributed by atoms with Gasteiger partial charge in [0.05, 0.1) is 18.1 Å². The maximum atomic E-state index is 14.0. The summed E-state index contributed by atoms with van der Waals surface area (Å²) in [5.41, 5.74) is 1.62. The summed E-state index contributed by atoms with van der Waals surface area (Å²) in [4.78, 5) is 27.6. The molecule has 6 nitrogen and oxygen atoms in total. The Balaban J connectivity index is 1.53. The summed E-state index contributed by atoms with van der Waals surface area (Å²) in [6, 6.07) is 18.7. The molecule has 3 aliphatic rings. The van der Waals surface area contributed by atoms with Gasteiger partial charge < -0.3 is 9.84 Å². The van der Waals surface area contributed by atoms with Crippen molar-refractivity contribution in [1.82, 2.24) is 10.0 Å². The molecule has 2 saturated carbocycles. The molecule has 0 aromatic heterocycles. The number of aliphatic hydroxyl groups excluding tert-OH is 1. The lowest BCUT2D eigenvalue weighted by Gasteiger charge is -2.53. The van der Waals surface area contributed by atoms with Crippen LogP contribution in [-0.4, -0.2) is 39.2 Å². The topological polar surface area (TPSA) is 70.1 Å². The largest absolute Gasteiger partial charge is 0.438 e. The molecule has 1 heterocycles. The monoisotopic (exact) mass is 490 g/mol. The van der Waals surface area contributed by atoms with E-state index in [2.05, 4.69) is 20.8 Å². The fourth-order valence-corrected chi connectivity index (χ4v) is 7.12. The Morgan fingerprint density at radius 1 is 1.06 bits per heavy atom. The number of hydrazine groups is 1. The fourth-order valence-electron chi connectivity index (χ4n) is 7.12. The highest BCUT2D eigenvalue weighted by Crippen LogP contribution is 2.67. The van der Waals surface area contributed by atoms with Crippen molar-refractivity contribution in [2.75, 3.05) is 0 Å². The van der Waals surface area contributed by atoms with Crippen LogP contribution in [0.4, 0.5) is 4.79 Å². The fraction of sp³-hybridized carbons (Fsp3) is 0.533. The molecule has 3 fully saturated rings. The summed E-state index contributed by atoms with van der Waals surface area (Å²) in [5.74, 6) is -0.710. The third kappa shape index (κ3) is 3.69. The predicted octanol–water partition coefficient (Wildman–Crippen LogP) is 5.90. The van der Waals surface area contributed by atoms with E-state index >= 15 is 0 Å². The van der Waals surface area contributed by atoms with Crippen LogP contribution < -0.4 is 0 Å². The third-order valence-corrected chi connectivity index (χ3v) is 9.90. The zero-order valence-electron chi connectivity index (χ0n) is 21.9. The second-order valence-corrected chi connectivity index (χ2v) is 11.8. The van der Waals surface area contributed by atoms with E-state index in [1.165, 1.54) is 11.4 Å². The van der Waals surface area contributed by atoms with Crippen molar-refractivity contribution in [2.45, 2.75) is 78.2 Å². The smallest absolute Gasteiger partial charge is 0.432 e. The maximum Gasteiger partial charge on any atom is 0.432 e. The first-order valence-electron chi connectivity index (χ1n) is 13.2. The van der Waals surface area contributed by atoms with Crippen LogP contribution in [0.5, 0.6) is 0 Å². The second-order valence-electron chi connectivity index (χ2n) is 11.8. The van der Waals surface area contributed by atoms with Crippen LogP contribution in [0.2, 0.25) is 0 Å². The molecule has 2 aliphatic carbocycles. The molecule has 6 heteroatoms. The van der Waals surface area contributed by atoms with Crippen LogP contribution in [0.1, 0.15) is 77.2 Å². The average Bonchev–Trinajstić information content (AvgIpc) is 3.23. The number of imide groups is 1. The van der Waals surface area contributed by atoms with Gasteiger partial charge in [-0.3, -0.25) is 4.79 Å². The summed E-state index contributed by atoms with van der Waals surface area (Å²) in [5, 5.41) is 14.3. The standard InChI is InChI=1S/C30H38N2O4/c1-19(25(33)21-12-8-6-9-13-21)27(34)32-28(35)36-26(22-14-10-7-11-15-22)20(2)31(32)24-18-23-16-17-30(24,5)29(23,3)4/h6-15,19-20,23-26,33H,16-18H2,1-5H3/t19-,20-,23+,24+,25-,26-,30-/m0/s1. The maximum absolute atomic E-state index is 14.0.